The first-order valence-electron chi connectivity index (χ1n) is 13.3. The van der Waals surface area contributed by atoms with Crippen molar-refractivity contribution in [2.75, 3.05) is 33.5 Å². The van der Waals surface area contributed by atoms with E-state index in [4.69, 9.17) is 24.3 Å². The van der Waals surface area contributed by atoms with Crippen molar-refractivity contribution in [1.29, 1.82) is 0 Å². The molecule has 3 aliphatic heterocycles. The number of carbonyl (C=O) groups is 2. The number of esters is 1. The fraction of sp³-hybridized carbons (Fsp3) is 0.448. The van der Waals surface area contributed by atoms with Crippen molar-refractivity contribution in [3.8, 4) is 17.0 Å². The molecule has 0 saturated carbocycles. The number of rotatable bonds is 4. The van der Waals surface area contributed by atoms with E-state index in [0.29, 0.717) is 47.9 Å². The number of nitrogens with zero attached hydrogens (tertiary/aromatic N) is 4. The number of amides is 1. The first kappa shape index (κ1) is 25.5. The van der Waals surface area contributed by atoms with Crippen molar-refractivity contribution in [1.82, 2.24) is 19.5 Å². The van der Waals surface area contributed by atoms with Gasteiger partial charge in [0.15, 0.2) is 17.2 Å². The predicted molar refractivity (Wildman–Crippen MR) is 141 cm³/mol. The van der Waals surface area contributed by atoms with Crippen LogP contribution in [0.5, 0.6) is 5.75 Å². The van der Waals surface area contributed by atoms with Gasteiger partial charge in [0.1, 0.15) is 12.3 Å². The molecule has 0 spiro atoms. The molecule has 1 aromatic carbocycles. The molecular weight excluding hydrogens is 503 g/mol. The Morgan fingerprint density at radius 1 is 1.18 bits per heavy atom. The maximum absolute atomic E-state index is 15.7. The lowest BCUT2D eigenvalue weighted by atomic mass is 9.84. The molecule has 1 unspecified atom stereocenters. The molecule has 1 amide bonds. The van der Waals surface area contributed by atoms with Crippen LogP contribution in [0.25, 0.3) is 23.0 Å². The third-order valence-corrected chi connectivity index (χ3v) is 7.97. The molecule has 0 N–H and O–H groups in total. The molecule has 2 saturated heterocycles. The molecule has 39 heavy (non-hydrogen) atoms. The Kier molecular flexibility index (Phi) is 6.37. The van der Waals surface area contributed by atoms with E-state index in [0.717, 1.165) is 31.4 Å². The number of halogens is 1. The van der Waals surface area contributed by atoms with Crippen molar-refractivity contribution < 1.29 is 28.2 Å². The Labute approximate surface area is 225 Å². The van der Waals surface area contributed by atoms with E-state index >= 15 is 4.39 Å². The van der Waals surface area contributed by atoms with Crippen LogP contribution in [0.4, 0.5) is 4.39 Å². The molecule has 5 heterocycles. The molecular formula is C29H31FN4O5. The van der Waals surface area contributed by atoms with Gasteiger partial charge < -0.3 is 19.1 Å². The van der Waals surface area contributed by atoms with Gasteiger partial charge in [0.25, 0.3) is 5.91 Å². The Bertz CT molecular complexity index is 1510. The molecule has 6 rings (SSSR count). The lowest BCUT2D eigenvalue weighted by Gasteiger charge is -2.38. The molecule has 2 fully saturated rings. The molecule has 0 bridgehead atoms. The first-order valence-corrected chi connectivity index (χ1v) is 13.3. The summed E-state index contributed by atoms with van der Waals surface area (Å²) in [6.45, 7) is 5.75. The maximum Gasteiger partial charge on any atom is 0.337 e. The molecule has 1 atom stereocenters. The third kappa shape index (κ3) is 4.36. The molecule has 3 aromatic rings. The maximum atomic E-state index is 15.7. The SMILES string of the molecule is COC(=O)C1=Cc2ccc(-c3cc4nc(C(=O)N5CCCCCC5C)cc(C5(C)COC5)n4n3)c(F)c2OC1. The summed E-state index contributed by atoms with van der Waals surface area (Å²) in [5.41, 5.74) is 2.64. The molecule has 3 aliphatic rings. The summed E-state index contributed by atoms with van der Waals surface area (Å²) in [6, 6.07) is 6.94. The van der Waals surface area contributed by atoms with Gasteiger partial charge in [0.05, 0.1) is 42.7 Å². The number of aromatic nitrogens is 3. The van der Waals surface area contributed by atoms with Gasteiger partial charge in [0.2, 0.25) is 0 Å². The van der Waals surface area contributed by atoms with Crippen LogP contribution >= 0.6 is 0 Å². The van der Waals surface area contributed by atoms with Crippen LogP contribution < -0.4 is 4.74 Å². The third-order valence-electron chi connectivity index (χ3n) is 7.97. The predicted octanol–water partition coefficient (Wildman–Crippen LogP) is 4.18. The largest absolute Gasteiger partial charge is 0.485 e. The number of benzene rings is 1. The minimum atomic E-state index is -0.578. The smallest absolute Gasteiger partial charge is 0.337 e. The number of fused-ring (bicyclic) bond motifs is 2. The number of ether oxygens (including phenoxy) is 3. The van der Waals surface area contributed by atoms with Gasteiger partial charge in [-0.3, -0.25) is 4.79 Å². The standard InChI is InChI=1S/C29H31FN4O5/c1-17-7-5-4-6-10-33(17)27(35)22-12-23(29(2)15-38-16-29)34-24(31-22)13-21(32-34)20-9-8-18-11-19(28(36)37-3)14-39-26(18)25(20)30/h8-9,11-13,17H,4-7,10,14-16H2,1-3H3. The highest BCUT2D eigenvalue weighted by Crippen LogP contribution is 2.37. The van der Waals surface area contributed by atoms with Crippen LogP contribution in [0.3, 0.4) is 0 Å². The van der Waals surface area contributed by atoms with Gasteiger partial charge in [-0.05, 0) is 44.9 Å². The first-order chi connectivity index (χ1) is 18.8. The highest BCUT2D eigenvalue weighted by atomic mass is 19.1. The van der Waals surface area contributed by atoms with E-state index < -0.39 is 11.8 Å². The number of carbonyl (C=O) groups excluding carboxylic acids is 2. The number of likely N-dealkylation sites (tertiary alicyclic amines) is 1. The molecule has 204 valence electrons. The second-order valence-corrected chi connectivity index (χ2v) is 10.9. The summed E-state index contributed by atoms with van der Waals surface area (Å²) in [6.07, 6.45) is 5.74. The number of methoxy groups -OCH3 is 1. The number of hydrogen-bond donors (Lipinski definition) is 0. The quantitative estimate of drug-likeness (QED) is 0.464. The van der Waals surface area contributed by atoms with Gasteiger partial charge in [-0.25, -0.2) is 18.7 Å². The summed E-state index contributed by atoms with van der Waals surface area (Å²) in [4.78, 5) is 32.2. The lowest BCUT2D eigenvalue weighted by molar-refractivity contribution is -0.136. The van der Waals surface area contributed by atoms with Gasteiger partial charge in [-0.2, -0.15) is 5.10 Å². The Hall–Kier alpha value is -3.79. The Morgan fingerprint density at radius 2 is 2.00 bits per heavy atom. The van der Waals surface area contributed by atoms with Crippen molar-refractivity contribution >= 4 is 23.6 Å². The zero-order valence-corrected chi connectivity index (χ0v) is 22.3. The topological polar surface area (TPSA) is 95.3 Å². The molecule has 10 heteroatoms. The van der Waals surface area contributed by atoms with Crippen LogP contribution in [0.15, 0.2) is 29.8 Å². The van der Waals surface area contributed by atoms with Crippen LogP contribution in [0.2, 0.25) is 0 Å². The second kappa shape index (κ2) is 9.75. The van der Waals surface area contributed by atoms with E-state index in [9.17, 15) is 9.59 Å². The molecule has 9 nitrogen and oxygen atoms in total. The average Bonchev–Trinajstić information content (AvgIpc) is 3.24. The zero-order valence-electron chi connectivity index (χ0n) is 22.3. The zero-order chi connectivity index (χ0) is 27.3. The van der Waals surface area contributed by atoms with Crippen LogP contribution in [0, 0.1) is 5.82 Å². The fourth-order valence-electron chi connectivity index (χ4n) is 5.58. The summed E-state index contributed by atoms with van der Waals surface area (Å²) in [5.74, 6) is -1.14. The summed E-state index contributed by atoms with van der Waals surface area (Å²) in [5, 5.41) is 4.73. The van der Waals surface area contributed by atoms with Crippen molar-refractivity contribution in [3.63, 3.8) is 0 Å². The van der Waals surface area contributed by atoms with Gasteiger partial charge >= 0.3 is 5.97 Å². The van der Waals surface area contributed by atoms with Crippen molar-refractivity contribution in [3.05, 3.63) is 52.6 Å². The number of hydrogen-bond acceptors (Lipinski definition) is 7. The van der Waals surface area contributed by atoms with E-state index in [1.165, 1.54) is 7.11 Å². The van der Waals surface area contributed by atoms with Crippen molar-refractivity contribution in [2.24, 2.45) is 0 Å². The average molecular weight is 535 g/mol. The fourth-order valence-corrected chi connectivity index (χ4v) is 5.58. The molecule has 2 aromatic heterocycles. The summed E-state index contributed by atoms with van der Waals surface area (Å²) < 4.78 is 33.3. The second-order valence-electron chi connectivity index (χ2n) is 10.9. The Balaban J connectivity index is 1.43. The Morgan fingerprint density at radius 3 is 2.74 bits per heavy atom. The monoisotopic (exact) mass is 534 g/mol. The van der Waals surface area contributed by atoms with E-state index in [1.807, 2.05) is 11.0 Å². The normalized spacial score (nSPS) is 20.4. The summed E-state index contributed by atoms with van der Waals surface area (Å²) >= 11 is 0. The van der Waals surface area contributed by atoms with Gasteiger partial charge in [-0.1, -0.05) is 18.9 Å². The van der Waals surface area contributed by atoms with Crippen LogP contribution in [-0.4, -0.2) is 70.9 Å². The minimum Gasteiger partial charge on any atom is -0.485 e. The summed E-state index contributed by atoms with van der Waals surface area (Å²) in [7, 11) is 1.29. The van der Waals surface area contributed by atoms with E-state index in [-0.39, 0.29) is 35.3 Å². The molecule has 0 radical (unpaired) electrons. The highest BCUT2D eigenvalue weighted by molar-refractivity contribution is 5.95. The van der Waals surface area contributed by atoms with Crippen LogP contribution in [0.1, 0.15) is 61.3 Å². The van der Waals surface area contributed by atoms with E-state index in [1.54, 1.807) is 28.8 Å². The lowest BCUT2D eigenvalue weighted by Crippen LogP contribution is -2.46. The van der Waals surface area contributed by atoms with Crippen LogP contribution in [-0.2, 0) is 19.7 Å². The van der Waals surface area contributed by atoms with E-state index in [2.05, 4.69) is 13.8 Å². The molecule has 0 aliphatic carbocycles. The van der Waals surface area contributed by atoms with Gasteiger partial charge in [0, 0.05) is 29.8 Å². The highest BCUT2D eigenvalue weighted by Gasteiger charge is 2.39. The minimum absolute atomic E-state index is 0.0516. The van der Waals surface area contributed by atoms with Crippen molar-refractivity contribution in [2.45, 2.75) is 51.0 Å². The van der Waals surface area contributed by atoms with Gasteiger partial charge in [-0.15, -0.1) is 0 Å².